The maximum atomic E-state index is 11.1. The highest BCUT2D eigenvalue weighted by atomic mass is 28.3. The van der Waals surface area contributed by atoms with Crippen LogP contribution in [-0.2, 0) is 9.22 Å². The zero-order valence-corrected chi connectivity index (χ0v) is 9.31. The van der Waals surface area contributed by atoms with Crippen molar-refractivity contribution < 1.29 is 9.22 Å². The van der Waals surface area contributed by atoms with Crippen LogP contribution in [-0.4, -0.2) is 15.0 Å². The average molecular weight is 185 g/mol. The van der Waals surface area contributed by atoms with E-state index in [2.05, 4.69) is 20.4 Å². The molecular weight excluding hydrogens is 168 g/mol. The molecular formula is C9H17O2Si. The lowest BCUT2D eigenvalue weighted by atomic mass is 10.4. The molecule has 0 aromatic carbocycles. The summed E-state index contributed by atoms with van der Waals surface area (Å²) in [5.41, 5.74) is 1.00. The summed E-state index contributed by atoms with van der Waals surface area (Å²) >= 11 is 0. The Morgan fingerprint density at radius 1 is 1.67 bits per heavy atom. The van der Waals surface area contributed by atoms with Crippen molar-refractivity contribution in [2.75, 3.05) is 0 Å². The topological polar surface area (TPSA) is 26.3 Å². The third-order valence-corrected chi connectivity index (χ3v) is 4.21. The Bertz CT molecular complexity index is 177. The van der Waals surface area contributed by atoms with Crippen LogP contribution < -0.4 is 0 Å². The van der Waals surface area contributed by atoms with Gasteiger partial charge < -0.3 is 4.43 Å². The zero-order valence-electron chi connectivity index (χ0n) is 8.31. The van der Waals surface area contributed by atoms with Gasteiger partial charge in [0, 0.05) is 5.57 Å². The molecule has 1 atom stereocenters. The number of hydrogen-bond acceptors (Lipinski definition) is 2. The van der Waals surface area contributed by atoms with Gasteiger partial charge in [0.15, 0.2) is 0 Å². The lowest BCUT2D eigenvalue weighted by molar-refractivity contribution is -0.130. The molecule has 1 unspecified atom stereocenters. The summed E-state index contributed by atoms with van der Waals surface area (Å²) in [5, 5.41) is 0. The monoisotopic (exact) mass is 185 g/mol. The molecule has 0 aliphatic carbocycles. The van der Waals surface area contributed by atoms with E-state index in [-0.39, 0.29) is 5.97 Å². The molecule has 0 saturated carbocycles. The van der Waals surface area contributed by atoms with Crippen molar-refractivity contribution in [2.45, 2.75) is 39.3 Å². The van der Waals surface area contributed by atoms with Crippen LogP contribution in [0.15, 0.2) is 12.2 Å². The molecule has 3 heteroatoms. The van der Waals surface area contributed by atoms with E-state index >= 15 is 0 Å². The van der Waals surface area contributed by atoms with E-state index in [1.807, 2.05) is 6.55 Å². The molecule has 0 aliphatic rings. The van der Waals surface area contributed by atoms with E-state index in [1.165, 1.54) is 0 Å². The molecule has 0 spiro atoms. The van der Waals surface area contributed by atoms with Gasteiger partial charge >= 0.3 is 5.97 Å². The Labute approximate surface area is 76.3 Å². The van der Waals surface area contributed by atoms with Gasteiger partial charge in [0.1, 0.15) is 0 Å². The van der Waals surface area contributed by atoms with Crippen molar-refractivity contribution in [1.82, 2.24) is 0 Å². The Morgan fingerprint density at radius 3 is 2.50 bits per heavy atom. The van der Waals surface area contributed by atoms with Crippen molar-refractivity contribution in [3.05, 3.63) is 12.2 Å². The first-order chi connectivity index (χ1) is 5.49. The van der Waals surface area contributed by atoms with Crippen molar-refractivity contribution in [1.29, 1.82) is 0 Å². The Hall–Kier alpha value is -0.573. The maximum Gasteiger partial charge on any atom is 0.319 e. The van der Waals surface area contributed by atoms with Crippen LogP contribution in [0.25, 0.3) is 0 Å². The fourth-order valence-electron chi connectivity index (χ4n) is 0.621. The molecule has 0 fully saturated rings. The van der Waals surface area contributed by atoms with Crippen LogP contribution in [0, 0.1) is 0 Å². The predicted octanol–water partition coefficient (Wildman–Crippen LogP) is 2.53. The van der Waals surface area contributed by atoms with E-state index < -0.39 is 9.04 Å². The largest absolute Gasteiger partial charge is 0.514 e. The van der Waals surface area contributed by atoms with Gasteiger partial charge in [-0.1, -0.05) is 26.8 Å². The van der Waals surface area contributed by atoms with Crippen LogP contribution in [0.4, 0.5) is 0 Å². The van der Waals surface area contributed by atoms with E-state index in [0.29, 0.717) is 11.1 Å². The molecule has 12 heavy (non-hydrogen) atoms. The van der Waals surface area contributed by atoms with Crippen molar-refractivity contribution in [3.63, 3.8) is 0 Å². The van der Waals surface area contributed by atoms with Crippen LogP contribution in [0.1, 0.15) is 27.2 Å². The molecule has 0 aliphatic heterocycles. The standard InChI is InChI=1S/C9H17O2Si/c1-6-8(4)12(5)11-9(10)7(2)3/h8H,2,6H2,1,3-5H3. The van der Waals surface area contributed by atoms with E-state index in [9.17, 15) is 4.79 Å². The molecule has 69 valence electrons. The molecule has 0 rings (SSSR count). The molecule has 0 amide bonds. The SMILES string of the molecule is C=C(C)C(=O)O[Si](C)C(C)CC. The Kier molecular flexibility index (Phi) is 4.89. The minimum absolute atomic E-state index is 0.244. The summed E-state index contributed by atoms with van der Waals surface area (Å²) in [4.78, 5) is 11.1. The molecule has 1 radical (unpaired) electrons. The first-order valence-electron chi connectivity index (χ1n) is 4.20. The van der Waals surface area contributed by atoms with E-state index in [1.54, 1.807) is 6.92 Å². The molecule has 0 bridgehead atoms. The second-order valence-electron chi connectivity index (χ2n) is 3.09. The zero-order chi connectivity index (χ0) is 9.72. The van der Waals surface area contributed by atoms with Gasteiger partial charge in [0.2, 0.25) is 0 Å². The smallest absolute Gasteiger partial charge is 0.319 e. The predicted molar refractivity (Wildman–Crippen MR) is 52.2 cm³/mol. The van der Waals surface area contributed by atoms with Crippen molar-refractivity contribution >= 4 is 15.0 Å². The van der Waals surface area contributed by atoms with Crippen molar-refractivity contribution in [2.24, 2.45) is 0 Å². The first-order valence-corrected chi connectivity index (χ1v) is 6.18. The molecule has 0 aromatic rings. The second-order valence-corrected chi connectivity index (χ2v) is 5.50. The van der Waals surface area contributed by atoms with Gasteiger partial charge in [-0.2, -0.15) is 0 Å². The lowest BCUT2D eigenvalue weighted by Gasteiger charge is -2.15. The quantitative estimate of drug-likeness (QED) is 0.497. The van der Waals surface area contributed by atoms with Crippen LogP contribution >= 0.6 is 0 Å². The third kappa shape index (κ3) is 3.71. The lowest BCUT2D eigenvalue weighted by Crippen LogP contribution is -2.23. The number of carbonyl (C=O) groups is 1. The molecule has 0 N–H and O–H groups in total. The Balaban J connectivity index is 3.92. The van der Waals surface area contributed by atoms with Crippen molar-refractivity contribution in [3.8, 4) is 0 Å². The third-order valence-electron chi connectivity index (χ3n) is 1.91. The summed E-state index contributed by atoms with van der Waals surface area (Å²) in [6.45, 7) is 11.4. The molecule has 0 saturated heterocycles. The summed E-state index contributed by atoms with van der Waals surface area (Å²) < 4.78 is 5.23. The molecule has 2 nitrogen and oxygen atoms in total. The van der Waals surface area contributed by atoms with Gasteiger partial charge in [0.25, 0.3) is 9.04 Å². The average Bonchev–Trinajstić information content (AvgIpc) is 2.02. The Morgan fingerprint density at radius 2 is 2.17 bits per heavy atom. The minimum atomic E-state index is -0.972. The fraction of sp³-hybridized carbons (Fsp3) is 0.667. The summed E-state index contributed by atoms with van der Waals surface area (Å²) in [6.07, 6.45) is 1.06. The highest BCUT2D eigenvalue weighted by molar-refractivity contribution is 6.54. The highest BCUT2D eigenvalue weighted by Crippen LogP contribution is 2.14. The first kappa shape index (κ1) is 11.4. The number of carbonyl (C=O) groups excluding carboxylic acids is 1. The van der Waals surface area contributed by atoms with Crippen LogP contribution in [0.5, 0.6) is 0 Å². The second kappa shape index (κ2) is 5.14. The van der Waals surface area contributed by atoms with E-state index in [4.69, 9.17) is 4.43 Å². The van der Waals surface area contributed by atoms with Crippen LogP contribution in [0.3, 0.4) is 0 Å². The van der Waals surface area contributed by atoms with Gasteiger partial charge in [-0.25, -0.2) is 4.79 Å². The van der Waals surface area contributed by atoms with Gasteiger partial charge in [-0.3, -0.25) is 0 Å². The van der Waals surface area contributed by atoms with Gasteiger partial charge in [0.05, 0.1) is 0 Å². The number of hydrogen-bond donors (Lipinski definition) is 0. The highest BCUT2D eigenvalue weighted by Gasteiger charge is 2.18. The normalized spacial score (nSPS) is 12.8. The minimum Gasteiger partial charge on any atom is -0.514 e. The summed E-state index contributed by atoms with van der Waals surface area (Å²) in [7, 11) is -0.972. The summed E-state index contributed by atoms with van der Waals surface area (Å²) in [6, 6.07) is 0. The van der Waals surface area contributed by atoms with E-state index in [0.717, 1.165) is 6.42 Å². The molecule has 0 aromatic heterocycles. The molecule has 0 heterocycles. The van der Waals surface area contributed by atoms with Crippen LogP contribution in [0.2, 0.25) is 12.1 Å². The van der Waals surface area contributed by atoms with Gasteiger partial charge in [-0.15, -0.1) is 0 Å². The fourth-order valence-corrected chi connectivity index (χ4v) is 1.86. The van der Waals surface area contributed by atoms with Gasteiger partial charge in [-0.05, 0) is 19.0 Å². The maximum absolute atomic E-state index is 11.1. The number of rotatable bonds is 4. The summed E-state index contributed by atoms with van der Waals surface area (Å²) in [5.74, 6) is -0.244.